The Bertz CT molecular complexity index is 349. The van der Waals surface area contributed by atoms with Crippen LogP contribution in [0.2, 0.25) is 0 Å². The summed E-state index contributed by atoms with van der Waals surface area (Å²) in [6.45, 7) is 0.129. The van der Waals surface area contributed by atoms with Crippen molar-refractivity contribution in [2.75, 3.05) is 13.2 Å². The second kappa shape index (κ2) is 15.4. The maximum Gasteiger partial charge on any atom is 0.306 e. The maximum absolute atomic E-state index is 11.2. The van der Waals surface area contributed by atoms with Gasteiger partial charge in [0.2, 0.25) is 0 Å². The number of hydrogen-bond donors (Lipinski definition) is 0. The van der Waals surface area contributed by atoms with E-state index in [0.717, 1.165) is 51.4 Å². The molecule has 0 aromatic heterocycles. The summed E-state index contributed by atoms with van der Waals surface area (Å²) < 4.78 is 9.57. The van der Waals surface area contributed by atoms with Gasteiger partial charge in [-0.3, -0.25) is 9.59 Å². The fraction of sp³-hybridized carbons (Fsp3) is 0.667. The van der Waals surface area contributed by atoms with E-state index in [4.69, 9.17) is 22.3 Å². The number of carbonyl (C=O) groups excluding carboxylic acids is 2. The highest BCUT2D eigenvalue weighted by Crippen LogP contribution is 2.11. The Morgan fingerprint density at radius 2 is 0.955 bits per heavy atom. The predicted octanol–water partition coefficient (Wildman–Crippen LogP) is 3.24. The molecule has 0 aliphatic carbocycles. The van der Waals surface area contributed by atoms with Crippen LogP contribution >= 0.6 is 0 Å². The molecule has 0 atom stereocenters. The van der Waals surface area contributed by atoms with Crippen molar-refractivity contribution in [3.8, 4) is 24.7 Å². The molecule has 122 valence electrons. The van der Waals surface area contributed by atoms with Crippen LogP contribution in [-0.4, -0.2) is 25.2 Å². The summed E-state index contributed by atoms with van der Waals surface area (Å²) in [5, 5.41) is 0. The van der Waals surface area contributed by atoms with E-state index in [0.29, 0.717) is 12.8 Å². The summed E-state index contributed by atoms with van der Waals surface area (Å²) in [7, 11) is 0. The fourth-order valence-electron chi connectivity index (χ4n) is 1.99. The molecule has 0 fully saturated rings. The van der Waals surface area contributed by atoms with E-state index in [1.165, 1.54) is 0 Å². The first kappa shape index (κ1) is 20.1. The number of unbranched alkanes of at least 4 members (excludes halogenated alkanes) is 7. The van der Waals surface area contributed by atoms with Crippen LogP contribution < -0.4 is 0 Å². The van der Waals surface area contributed by atoms with Crippen LogP contribution in [0.1, 0.15) is 64.2 Å². The van der Waals surface area contributed by atoms with Crippen molar-refractivity contribution in [2.45, 2.75) is 64.2 Å². The van der Waals surface area contributed by atoms with Crippen molar-refractivity contribution in [2.24, 2.45) is 0 Å². The lowest BCUT2D eigenvalue weighted by Crippen LogP contribution is -2.04. The third-order valence-electron chi connectivity index (χ3n) is 3.14. The molecule has 0 aromatic rings. The van der Waals surface area contributed by atoms with E-state index in [2.05, 4.69) is 11.8 Å². The van der Waals surface area contributed by atoms with E-state index in [9.17, 15) is 9.59 Å². The summed E-state index contributed by atoms with van der Waals surface area (Å²) in [4.78, 5) is 22.3. The fourth-order valence-corrected chi connectivity index (χ4v) is 1.99. The summed E-state index contributed by atoms with van der Waals surface area (Å²) in [6.07, 6.45) is 19.2. The number of rotatable bonds is 13. The van der Waals surface area contributed by atoms with Gasteiger partial charge in [-0.05, 0) is 12.8 Å². The zero-order valence-electron chi connectivity index (χ0n) is 13.3. The zero-order chi connectivity index (χ0) is 16.5. The first-order chi connectivity index (χ1) is 10.7. The van der Waals surface area contributed by atoms with Crippen LogP contribution in [-0.2, 0) is 19.1 Å². The lowest BCUT2D eigenvalue weighted by Gasteiger charge is -2.03. The van der Waals surface area contributed by atoms with Gasteiger partial charge < -0.3 is 9.47 Å². The Morgan fingerprint density at radius 1 is 0.636 bits per heavy atom. The van der Waals surface area contributed by atoms with Gasteiger partial charge in [-0.25, -0.2) is 0 Å². The first-order valence-electron chi connectivity index (χ1n) is 7.89. The van der Waals surface area contributed by atoms with E-state index in [1.807, 2.05) is 0 Å². The average molecular weight is 306 g/mol. The van der Waals surface area contributed by atoms with Gasteiger partial charge in [0, 0.05) is 12.8 Å². The third kappa shape index (κ3) is 14.5. The van der Waals surface area contributed by atoms with E-state index in [-0.39, 0.29) is 25.2 Å². The van der Waals surface area contributed by atoms with Crippen molar-refractivity contribution in [1.82, 2.24) is 0 Å². The predicted molar refractivity (Wildman–Crippen MR) is 85.8 cm³/mol. The molecule has 4 nitrogen and oxygen atoms in total. The lowest BCUT2D eigenvalue weighted by atomic mass is 10.1. The van der Waals surface area contributed by atoms with Gasteiger partial charge in [0.1, 0.15) is 0 Å². The van der Waals surface area contributed by atoms with Crippen LogP contribution in [0.15, 0.2) is 0 Å². The Kier molecular flexibility index (Phi) is 14.1. The molecule has 0 saturated carbocycles. The minimum atomic E-state index is -0.213. The number of esters is 2. The summed E-state index contributed by atoms with van der Waals surface area (Å²) in [5.74, 6) is 4.11. The van der Waals surface area contributed by atoms with E-state index in [1.54, 1.807) is 0 Å². The summed E-state index contributed by atoms with van der Waals surface area (Å²) >= 11 is 0. The molecule has 0 unspecified atom stereocenters. The maximum atomic E-state index is 11.2. The molecule has 0 bridgehead atoms. The molecule has 0 aliphatic rings. The Morgan fingerprint density at radius 3 is 1.27 bits per heavy atom. The molecule has 22 heavy (non-hydrogen) atoms. The van der Waals surface area contributed by atoms with Gasteiger partial charge in [-0.15, -0.1) is 12.8 Å². The molecular formula is C18H26O4. The van der Waals surface area contributed by atoms with E-state index >= 15 is 0 Å². The smallest absolute Gasteiger partial charge is 0.306 e. The highest BCUT2D eigenvalue weighted by molar-refractivity contribution is 5.69. The number of hydrogen-bond acceptors (Lipinski definition) is 4. The van der Waals surface area contributed by atoms with Crippen LogP contribution in [0.25, 0.3) is 0 Å². The molecular weight excluding hydrogens is 280 g/mol. The van der Waals surface area contributed by atoms with Gasteiger partial charge in [0.15, 0.2) is 13.2 Å². The Balaban J connectivity index is 3.21. The lowest BCUT2D eigenvalue weighted by molar-refractivity contribution is -0.143. The van der Waals surface area contributed by atoms with Crippen LogP contribution in [0.4, 0.5) is 0 Å². The van der Waals surface area contributed by atoms with Gasteiger partial charge in [0.05, 0.1) is 0 Å². The van der Waals surface area contributed by atoms with Crippen LogP contribution in [0.5, 0.6) is 0 Å². The zero-order valence-corrected chi connectivity index (χ0v) is 13.3. The third-order valence-corrected chi connectivity index (χ3v) is 3.14. The van der Waals surface area contributed by atoms with Gasteiger partial charge in [-0.1, -0.05) is 50.4 Å². The Labute approximate surface area is 133 Å². The molecule has 0 heterocycles. The van der Waals surface area contributed by atoms with Crippen molar-refractivity contribution in [3.05, 3.63) is 0 Å². The first-order valence-corrected chi connectivity index (χ1v) is 7.89. The molecule has 0 aliphatic heterocycles. The molecule has 0 amide bonds. The topological polar surface area (TPSA) is 52.6 Å². The Hall–Kier alpha value is -1.94. The molecule has 0 rings (SSSR count). The van der Waals surface area contributed by atoms with Gasteiger partial charge >= 0.3 is 11.9 Å². The molecule has 4 heteroatoms. The summed E-state index contributed by atoms with van der Waals surface area (Å²) in [6, 6.07) is 0. The van der Waals surface area contributed by atoms with Crippen molar-refractivity contribution >= 4 is 11.9 Å². The SMILES string of the molecule is C#CCOC(=O)CCCCCCCCCCC(=O)OCC#C. The van der Waals surface area contributed by atoms with Crippen molar-refractivity contribution in [3.63, 3.8) is 0 Å². The average Bonchev–Trinajstić information content (AvgIpc) is 2.52. The van der Waals surface area contributed by atoms with Crippen LogP contribution in [0, 0.1) is 24.7 Å². The number of ether oxygens (including phenoxy) is 2. The highest BCUT2D eigenvalue weighted by atomic mass is 16.5. The molecule has 0 saturated heterocycles. The van der Waals surface area contributed by atoms with E-state index < -0.39 is 0 Å². The monoisotopic (exact) mass is 306 g/mol. The van der Waals surface area contributed by atoms with Gasteiger partial charge in [-0.2, -0.15) is 0 Å². The number of terminal acetylenes is 2. The second-order valence-electron chi connectivity index (χ2n) is 5.06. The minimum Gasteiger partial charge on any atom is -0.452 e. The molecule has 0 N–H and O–H groups in total. The molecule has 0 spiro atoms. The quantitative estimate of drug-likeness (QED) is 0.298. The van der Waals surface area contributed by atoms with Crippen molar-refractivity contribution in [1.29, 1.82) is 0 Å². The largest absolute Gasteiger partial charge is 0.452 e. The molecule has 0 radical (unpaired) electrons. The second-order valence-corrected chi connectivity index (χ2v) is 5.06. The summed E-state index contributed by atoms with van der Waals surface area (Å²) in [5.41, 5.74) is 0. The van der Waals surface area contributed by atoms with Crippen molar-refractivity contribution < 1.29 is 19.1 Å². The molecule has 0 aromatic carbocycles. The minimum absolute atomic E-state index is 0.0646. The van der Waals surface area contributed by atoms with Crippen LogP contribution in [0.3, 0.4) is 0 Å². The number of carbonyl (C=O) groups is 2. The standard InChI is InChI=1S/C18H26O4/c1-3-15-21-17(19)13-11-9-7-5-6-8-10-12-14-18(20)22-16-4-2/h1-2H,5-16H2. The van der Waals surface area contributed by atoms with Gasteiger partial charge in [0.25, 0.3) is 0 Å². The highest BCUT2D eigenvalue weighted by Gasteiger charge is 2.02. The normalized spacial score (nSPS) is 9.55.